The molecule has 3 N–H and O–H groups in total. The van der Waals surface area contributed by atoms with E-state index < -0.39 is 0 Å². The highest BCUT2D eigenvalue weighted by Crippen LogP contribution is 2.13. The van der Waals surface area contributed by atoms with Crippen LogP contribution in [0.4, 0.5) is 0 Å². The molecule has 1 saturated heterocycles. The molecule has 1 aliphatic rings. The van der Waals surface area contributed by atoms with Crippen molar-refractivity contribution in [3.8, 4) is 0 Å². The fourth-order valence-electron chi connectivity index (χ4n) is 2.72. The molecule has 1 aliphatic heterocycles. The Morgan fingerprint density at radius 3 is 2.84 bits per heavy atom. The van der Waals surface area contributed by atoms with Crippen molar-refractivity contribution in [1.82, 2.24) is 25.0 Å². The van der Waals surface area contributed by atoms with Gasteiger partial charge in [-0.15, -0.1) is 0 Å². The van der Waals surface area contributed by atoms with Gasteiger partial charge in [-0.2, -0.15) is 5.10 Å². The molecule has 1 aromatic heterocycles. The topological polar surface area (TPSA) is 62.3 Å². The first-order chi connectivity index (χ1) is 9.08. The number of nitrogens with zero attached hydrogens (tertiary/aromatic N) is 4. The first-order valence-electron chi connectivity index (χ1n) is 6.92. The number of nitrogens with two attached hydrogens (primary N) is 1. The highest BCUT2D eigenvalue weighted by Gasteiger charge is 2.25. The standard InChI is InChI=1S/C13H26N6/c1-17-6-7-18(2)13(10-17)9-12(15-14)8-11-4-5-19(3)16-11/h4-5,12-13,15H,6-10,14H2,1-3H3. The van der Waals surface area contributed by atoms with Crippen molar-refractivity contribution >= 4 is 0 Å². The molecular formula is C13H26N6. The number of aromatic nitrogens is 2. The Morgan fingerprint density at radius 2 is 2.21 bits per heavy atom. The summed E-state index contributed by atoms with van der Waals surface area (Å²) in [5.41, 5.74) is 4.04. The summed E-state index contributed by atoms with van der Waals surface area (Å²) in [7, 11) is 6.33. The SMILES string of the molecule is CN1CCN(C)C(CC(Cc2ccn(C)n2)NN)C1. The molecule has 0 aromatic carbocycles. The van der Waals surface area contributed by atoms with Crippen LogP contribution in [0, 0.1) is 0 Å². The predicted octanol–water partition coefficient (Wildman–Crippen LogP) is -0.570. The van der Waals surface area contributed by atoms with E-state index in [2.05, 4.69) is 40.5 Å². The maximum atomic E-state index is 5.71. The van der Waals surface area contributed by atoms with Crippen LogP contribution in [0.1, 0.15) is 12.1 Å². The second kappa shape index (κ2) is 6.47. The Kier molecular flexibility index (Phi) is 4.93. The van der Waals surface area contributed by atoms with E-state index >= 15 is 0 Å². The molecule has 6 nitrogen and oxygen atoms in total. The Balaban J connectivity index is 1.90. The summed E-state index contributed by atoms with van der Waals surface area (Å²) in [5.74, 6) is 5.71. The molecule has 0 spiro atoms. The minimum Gasteiger partial charge on any atom is -0.304 e. The number of rotatable bonds is 5. The first-order valence-corrected chi connectivity index (χ1v) is 6.92. The van der Waals surface area contributed by atoms with Gasteiger partial charge in [0.05, 0.1) is 5.69 Å². The van der Waals surface area contributed by atoms with Crippen LogP contribution >= 0.6 is 0 Å². The number of nitrogens with one attached hydrogen (secondary N) is 1. The van der Waals surface area contributed by atoms with Crippen LogP contribution in [0.3, 0.4) is 0 Å². The van der Waals surface area contributed by atoms with Crippen molar-refractivity contribution in [2.24, 2.45) is 12.9 Å². The van der Waals surface area contributed by atoms with Crippen LogP contribution in [0.2, 0.25) is 0 Å². The Morgan fingerprint density at radius 1 is 1.42 bits per heavy atom. The lowest BCUT2D eigenvalue weighted by Crippen LogP contribution is -2.53. The first kappa shape index (κ1) is 14.5. The van der Waals surface area contributed by atoms with Gasteiger partial charge in [0.1, 0.15) is 0 Å². The molecule has 6 heteroatoms. The average molecular weight is 266 g/mol. The van der Waals surface area contributed by atoms with Gasteiger partial charge < -0.3 is 9.80 Å². The lowest BCUT2D eigenvalue weighted by atomic mass is 10.0. The Bertz CT molecular complexity index is 390. The number of piperazine rings is 1. The monoisotopic (exact) mass is 266 g/mol. The van der Waals surface area contributed by atoms with E-state index in [-0.39, 0.29) is 6.04 Å². The third kappa shape index (κ3) is 4.01. The van der Waals surface area contributed by atoms with Crippen LogP contribution < -0.4 is 11.3 Å². The molecule has 0 saturated carbocycles. The molecule has 2 rings (SSSR count). The maximum Gasteiger partial charge on any atom is 0.0640 e. The summed E-state index contributed by atoms with van der Waals surface area (Å²) in [6, 6.07) is 2.89. The van der Waals surface area contributed by atoms with E-state index in [1.54, 1.807) is 0 Å². The largest absolute Gasteiger partial charge is 0.304 e. The average Bonchev–Trinajstić information content (AvgIpc) is 2.78. The molecule has 0 radical (unpaired) electrons. The smallest absolute Gasteiger partial charge is 0.0640 e. The van der Waals surface area contributed by atoms with Crippen molar-refractivity contribution in [2.45, 2.75) is 24.9 Å². The van der Waals surface area contributed by atoms with Gasteiger partial charge in [-0.1, -0.05) is 0 Å². The van der Waals surface area contributed by atoms with Crippen molar-refractivity contribution in [2.75, 3.05) is 33.7 Å². The second-order valence-electron chi connectivity index (χ2n) is 5.68. The number of likely N-dealkylation sites (N-methyl/N-ethyl adjacent to an activating group) is 2. The molecule has 2 heterocycles. The molecule has 0 bridgehead atoms. The van der Waals surface area contributed by atoms with E-state index in [0.29, 0.717) is 6.04 Å². The molecule has 2 atom stereocenters. The fourth-order valence-corrected chi connectivity index (χ4v) is 2.72. The fraction of sp³-hybridized carbons (Fsp3) is 0.769. The third-order valence-electron chi connectivity index (χ3n) is 4.00. The van der Waals surface area contributed by atoms with Crippen LogP contribution in [0.15, 0.2) is 12.3 Å². The van der Waals surface area contributed by atoms with Crippen LogP contribution in [0.25, 0.3) is 0 Å². The van der Waals surface area contributed by atoms with Gasteiger partial charge in [0.15, 0.2) is 0 Å². The normalized spacial score (nSPS) is 23.7. The number of aryl methyl sites for hydroxylation is 1. The summed E-state index contributed by atoms with van der Waals surface area (Å²) in [4.78, 5) is 4.82. The van der Waals surface area contributed by atoms with E-state index in [4.69, 9.17) is 5.84 Å². The summed E-state index contributed by atoms with van der Waals surface area (Å²) < 4.78 is 1.84. The highest BCUT2D eigenvalue weighted by atomic mass is 15.3. The molecule has 0 aliphatic carbocycles. The molecule has 1 fully saturated rings. The highest BCUT2D eigenvalue weighted by molar-refractivity contribution is 5.01. The van der Waals surface area contributed by atoms with Crippen LogP contribution in [-0.4, -0.2) is 65.4 Å². The van der Waals surface area contributed by atoms with E-state index in [1.807, 2.05) is 17.9 Å². The lowest BCUT2D eigenvalue weighted by Gasteiger charge is -2.39. The molecule has 19 heavy (non-hydrogen) atoms. The zero-order chi connectivity index (χ0) is 13.8. The third-order valence-corrected chi connectivity index (χ3v) is 4.00. The minimum atomic E-state index is 0.272. The zero-order valence-corrected chi connectivity index (χ0v) is 12.2. The number of hydrazine groups is 1. The van der Waals surface area contributed by atoms with Crippen molar-refractivity contribution in [1.29, 1.82) is 0 Å². The van der Waals surface area contributed by atoms with Crippen molar-refractivity contribution < 1.29 is 0 Å². The maximum absolute atomic E-state index is 5.71. The lowest BCUT2D eigenvalue weighted by molar-refractivity contribution is 0.101. The minimum absolute atomic E-state index is 0.272. The van der Waals surface area contributed by atoms with Gasteiger partial charge in [0.2, 0.25) is 0 Å². The van der Waals surface area contributed by atoms with E-state index in [0.717, 1.165) is 38.2 Å². The summed E-state index contributed by atoms with van der Waals surface area (Å²) in [6.45, 7) is 3.38. The molecule has 0 amide bonds. The summed E-state index contributed by atoms with van der Waals surface area (Å²) >= 11 is 0. The van der Waals surface area contributed by atoms with Crippen molar-refractivity contribution in [3.63, 3.8) is 0 Å². The van der Waals surface area contributed by atoms with Crippen LogP contribution in [0.5, 0.6) is 0 Å². The summed E-state index contributed by atoms with van der Waals surface area (Å²) in [5, 5.41) is 4.42. The Hall–Kier alpha value is -0.950. The van der Waals surface area contributed by atoms with E-state index in [1.165, 1.54) is 0 Å². The Labute approximate surface area is 115 Å². The zero-order valence-electron chi connectivity index (χ0n) is 12.2. The van der Waals surface area contributed by atoms with Crippen LogP contribution in [-0.2, 0) is 13.5 Å². The summed E-state index contributed by atoms with van der Waals surface area (Å²) in [6.07, 6.45) is 3.91. The van der Waals surface area contributed by atoms with Gasteiger partial charge in [-0.25, -0.2) is 0 Å². The van der Waals surface area contributed by atoms with Crippen molar-refractivity contribution in [3.05, 3.63) is 18.0 Å². The number of hydrogen-bond acceptors (Lipinski definition) is 5. The predicted molar refractivity (Wildman–Crippen MR) is 76.6 cm³/mol. The quantitative estimate of drug-likeness (QED) is 0.552. The molecular weight excluding hydrogens is 240 g/mol. The molecule has 108 valence electrons. The van der Waals surface area contributed by atoms with Gasteiger partial charge in [0.25, 0.3) is 0 Å². The molecule has 1 aromatic rings. The van der Waals surface area contributed by atoms with Gasteiger partial charge >= 0.3 is 0 Å². The van der Waals surface area contributed by atoms with Gasteiger partial charge in [-0.3, -0.25) is 16.0 Å². The van der Waals surface area contributed by atoms with Gasteiger partial charge in [-0.05, 0) is 26.6 Å². The number of hydrogen-bond donors (Lipinski definition) is 2. The molecule has 2 unspecified atom stereocenters. The van der Waals surface area contributed by atoms with E-state index in [9.17, 15) is 0 Å². The van der Waals surface area contributed by atoms with Gasteiger partial charge in [0, 0.05) is 51.4 Å². The second-order valence-corrected chi connectivity index (χ2v) is 5.68.